The molecule has 2 aromatic rings. The van der Waals surface area contributed by atoms with Gasteiger partial charge in [0.25, 0.3) is 0 Å². The van der Waals surface area contributed by atoms with Gasteiger partial charge in [0.05, 0.1) is 5.02 Å². The first-order chi connectivity index (χ1) is 9.70. The molecule has 0 bridgehead atoms. The van der Waals surface area contributed by atoms with E-state index in [0.29, 0.717) is 5.92 Å². The van der Waals surface area contributed by atoms with Crippen molar-refractivity contribution in [3.8, 4) is 0 Å². The van der Waals surface area contributed by atoms with Gasteiger partial charge in [-0.15, -0.1) is 0 Å². The minimum absolute atomic E-state index is 0.426. The average Bonchev–Trinajstić information content (AvgIpc) is 2.46. The van der Waals surface area contributed by atoms with Gasteiger partial charge in [-0.1, -0.05) is 48.4 Å². The van der Waals surface area contributed by atoms with Crippen molar-refractivity contribution in [1.29, 1.82) is 0 Å². The van der Waals surface area contributed by atoms with Crippen LogP contribution in [0.25, 0.3) is 0 Å². The lowest BCUT2D eigenvalue weighted by molar-refractivity contribution is 0.594. The number of likely N-dealkylation sites (N-methyl/N-ethyl adjacent to an activating group) is 1. The second kappa shape index (κ2) is 7.41. The molecule has 0 aliphatic carbocycles. The summed E-state index contributed by atoms with van der Waals surface area (Å²) >= 11 is 6.23. The summed E-state index contributed by atoms with van der Waals surface area (Å²) in [4.78, 5) is 4.05. The van der Waals surface area contributed by atoms with Crippen LogP contribution in [0.3, 0.4) is 0 Å². The number of aromatic nitrogens is 1. The lowest BCUT2D eigenvalue weighted by Gasteiger charge is -2.19. The lowest BCUT2D eigenvalue weighted by Crippen LogP contribution is -2.22. The van der Waals surface area contributed by atoms with Crippen LogP contribution in [0.15, 0.2) is 42.7 Å². The number of hydrogen-bond donors (Lipinski definition) is 1. The van der Waals surface area contributed by atoms with E-state index in [0.717, 1.165) is 30.1 Å². The van der Waals surface area contributed by atoms with Crippen LogP contribution >= 0.6 is 11.6 Å². The molecule has 3 heteroatoms. The first kappa shape index (κ1) is 15.0. The number of rotatable bonds is 6. The SMILES string of the molecule is CCNCC(Cc1ccncc1Cl)c1ccc(C)cc1. The van der Waals surface area contributed by atoms with Gasteiger partial charge in [-0.3, -0.25) is 4.98 Å². The van der Waals surface area contributed by atoms with Crippen molar-refractivity contribution in [3.05, 3.63) is 64.4 Å². The van der Waals surface area contributed by atoms with E-state index >= 15 is 0 Å². The Morgan fingerprint density at radius 2 is 1.95 bits per heavy atom. The van der Waals surface area contributed by atoms with Gasteiger partial charge < -0.3 is 5.32 Å². The molecule has 0 fully saturated rings. The molecular weight excluding hydrogens is 268 g/mol. The van der Waals surface area contributed by atoms with E-state index in [9.17, 15) is 0 Å². The molecule has 2 rings (SSSR count). The molecule has 0 saturated carbocycles. The maximum absolute atomic E-state index is 6.23. The highest BCUT2D eigenvalue weighted by Gasteiger charge is 2.13. The summed E-state index contributed by atoms with van der Waals surface area (Å²) in [5, 5.41) is 4.19. The topological polar surface area (TPSA) is 24.9 Å². The summed E-state index contributed by atoms with van der Waals surface area (Å²) in [6, 6.07) is 10.8. The average molecular weight is 289 g/mol. The van der Waals surface area contributed by atoms with Crippen molar-refractivity contribution in [2.45, 2.75) is 26.2 Å². The Labute approximate surface area is 126 Å². The summed E-state index contributed by atoms with van der Waals surface area (Å²) in [7, 11) is 0. The normalized spacial score (nSPS) is 12.3. The monoisotopic (exact) mass is 288 g/mol. The third-order valence-corrected chi connectivity index (χ3v) is 3.85. The number of halogens is 1. The molecule has 1 N–H and O–H groups in total. The van der Waals surface area contributed by atoms with Gasteiger partial charge in [-0.05, 0) is 37.1 Å². The van der Waals surface area contributed by atoms with Gasteiger partial charge in [0.15, 0.2) is 0 Å². The third kappa shape index (κ3) is 4.06. The van der Waals surface area contributed by atoms with Crippen LogP contribution in [0.1, 0.15) is 29.5 Å². The van der Waals surface area contributed by atoms with Crippen molar-refractivity contribution < 1.29 is 0 Å². The van der Waals surface area contributed by atoms with Crippen LogP contribution < -0.4 is 5.32 Å². The predicted molar refractivity (Wildman–Crippen MR) is 85.4 cm³/mol. The Morgan fingerprint density at radius 3 is 2.60 bits per heavy atom. The van der Waals surface area contributed by atoms with E-state index in [1.807, 2.05) is 6.07 Å². The van der Waals surface area contributed by atoms with E-state index in [4.69, 9.17) is 11.6 Å². The molecule has 1 aromatic carbocycles. The van der Waals surface area contributed by atoms with E-state index in [2.05, 4.69) is 48.4 Å². The lowest BCUT2D eigenvalue weighted by atomic mass is 9.91. The molecule has 0 radical (unpaired) electrons. The largest absolute Gasteiger partial charge is 0.316 e. The fraction of sp³-hybridized carbons (Fsp3) is 0.353. The molecule has 0 amide bonds. The second-order valence-electron chi connectivity index (χ2n) is 5.09. The first-order valence-electron chi connectivity index (χ1n) is 7.06. The highest BCUT2D eigenvalue weighted by molar-refractivity contribution is 6.31. The number of nitrogens with one attached hydrogen (secondary N) is 1. The molecule has 0 spiro atoms. The molecule has 20 heavy (non-hydrogen) atoms. The summed E-state index contributed by atoms with van der Waals surface area (Å²) in [5.41, 5.74) is 3.80. The van der Waals surface area contributed by atoms with Gasteiger partial charge in [-0.25, -0.2) is 0 Å². The molecule has 1 unspecified atom stereocenters. The molecular formula is C17H21ClN2. The van der Waals surface area contributed by atoms with Crippen molar-refractivity contribution >= 4 is 11.6 Å². The van der Waals surface area contributed by atoms with Crippen LogP contribution in [-0.2, 0) is 6.42 Å². The maximum Gasteiger partial charge on any atom is 0.0621 e. The number of nitrogens with zero attached hydrogens (tertiary/aromatic N) is 1. The number of pyridine rings is 1. The summed E-state index contributed by atoms with van der Waals surface area (Å²) < 4.78 is 0. The second-order valence-corrected chi connectivity index (χ2v) is 5.49. The minimum atomic E-state index is 0.426. The molecule has 1 atom stereocenters. The van der Waals surface area contributed by atoms with Crippen molar-refractivity contribution in [3.63, 3.8) is 0 Å². The molecule has 0 aliphatic rings. The molecule has 1 aromatic heterocycles. The van der Waals surface area contributed by atoms with Crippen LogP contribution in [0.2, 0.25) is 5.02 Å². The Morgan fingerprint density at radius 1 is 1.20 bits per heavy atom. The zero-order chi connectivity index (χ0) is 14.4. The zero-order valence-corrected chi connectivity index (χ0v) is 12.8. The fourth-order valence-corrected chi connectivity index (χ4v) is 2.50. The third-order valence-electron chi connectivity index (χ3n) is 3.51. The Bertz CT molecular complexity index is 537. The van der Waals surface area contributed by atoms with Crippen LogP contribution in [-0.4, -0.2) is 18.1 Å². The quantitative estimate of drug-likeness (QED) is 0.870. The molecule has 0 saturated heterocycles. The first-order valence-corrected chi connectivity index (χ1v) is 7.44. The van der Waals surface area contributed by atoms with Crippen LogP contribution in [0, 0.1) is 6.92 Å². The van der Waals surface area contributed by atoms with Crippen LogP contribution in [0.5, 0.6) is 0 Å². The van der Waals surface area contributed by atoms with Gasteiger partial charge in [0.1, 0.15) is 0 Å². The summed E-state index contributed by atoms with van der Waals surface area (Å²) in [5.74, 6) is 0.426. The Hall–Kier alpha value is -1.38. The number of hydrogen-bond acceptors (Lipinski definition) is 2. The van der Waals surface area contributed by atoms with Gasteiger partial charge in [-0.2, -0.15) is 0 Å². The predicted octanol–water partition coefficient (Wildman–Crippen LogP) is 3.98. The smallest absolute Gasteiger partial charge is 0.0621 e. The molecule has 2 nitrogen and oxygen atoms in total. The zero-order valence-electron chi connectivity index (χ0n) is 12.1. The summed E-state index contributed by atoms with van der Waals surface area (Å²) in [6.45, 7) is 6.18. The van der Waals surface area contributed by atoms with Gasteiger partial charge in [0.2, 0.25) is 0 Å². The van der Waals surface area contributed by atoms with Gasteiger partial charge in [0, 0.05) is 24.9 Å². The maximum atomic E-state index is 6.23. The van der Waals surface area contributed by atoms with Crippen molar-refractivity contribution in [1.82, 2.24) is 10.3 Å². The standard InChI is InChI=1S/C17H21ClN2/c1-3-19-11-16(14-6-4-13(2)5-7-14)10-15-8-9-20-12-17(15)18/h4-9,12,16,19H,3,10-11H2,1-2H3. The van der Waals surface area contributed by atoms with Crippen molar-refractivity contribution in [2.24, 2.45) is 0 Å². The van der Waals surface area contributed by atoms with Crippen LogP contribution in [0.4, 0.5) is 0 Å². The number of aryl methyl sites for hydroxylation is 1. The molecule has 106 valence electrons. The van der Waals surface area contributed by atoms with E-state index in [1.54, 1.807) is 12.4 Å². The highest BCUT2D eigenvalue weighted by Crippen LogP contribution is 2.24. The van der Waals surface area contributed by atoms with Gasteiger partial charge >= 0.3 is 0 Å². The Kier molecular flexibility index (Phi) is 5.57. The van der Waals surface area contributed by atoms with Crippen molar-refractivity contribution in [2.75, 3.05) is 13.1 Å². The van der Waals surface area contributed by atoms with E-state index < -0.39 is 0 Å². The minimum Gasteiger partial charge on any atom is -0.316 e. The fourth-order valence-electron chi connectivity index (χ4n) is 2.30. The number of benzene rings is 1. The Balaban J connectivity index is 2.19. The molecule has 1 heterocycles. The highest BCUT2D eigenvalue weighted by atomic mass is 35.5. The van der Waals surface area contributed by atoms with E-state index in [-0.39, 0.29) is 0 Å². The summed E-state index contributed by atoms with van der Waals surface area (Å²) in [6.07, 6.45) is 4.45. The van der Waals surface area contributed by atoms with E-state index in [1.165, 1.54) is 11.1 Å². The molecule has 0 aliphatic heterocycles.